The van der Waals surface area contributed by atoms with Gasteiger partial charge in [-0.05, 0) is 29.2 Å². The summed E-state index contributed by atoms with van der Waals surface area (Å²) in [6.45, 7) is 7.53. The molecule has 7 heteroatoms. The van der Waals surface area contributed by atoms with Crippen molar-refractivity contribution < 1.29 is 4.79 Å². The lowest BCUT2D eigenvalue weighted by atomic mass is 9.97. The molecule has 22 heavy (non-hydrogen) atoms. The van der Waals surface area contributed by atoms with Crippen molar-refractivity contribution in [2.45, 2.75) is 39.8 Å². The minimum Gasteiger partial charge on any atom is -0.336 e. The lowest BCUT2D eigenvalue weighted by molar-refractivity contribution is 0.239. The SMILES string of the molecule is Cc1nnn(CCNC(=O)NCc2ccccc2C(C)C)n1. The van der Waals surface area contributed by atoms with E-state index in [0.29, 0.717) is 31.4 Å². The molecule has 1 aromatic carbocycles. The molecule has 0 radical (unpaired) electrons. The van der Waals surface area contributed by atoms with Crippen molar-refractivity contribution >= 4 is 6.03 Å². The Labute approximate surface area is 130 Å². The van der Waals surface area contributed by atoms with Gasteiger partial charge in [0.25, 0.3) is 0 Å². The molecular formula is C15H22N6O. The Morgan fingerprint density at radius 3 is 2.73 bits per heavy atom. The maximum atomic E-state index is 11.8. The summed E-state index contributed by atoms with van der Waals surface area (Å²) in [6.07, 6.45) is 0. The molecule has 0 saturated heterocycles. The molecule has 2 N–H and O–H groups in total. The van der Waals surface area contributed by atoms with E-state index in [1.807, 2.05) is 18.2 Å². The van der Waals surface area contributed by atoms with Crippen molar-refractivity contribution in [2.24, 2.45) is 0 Å². The standard InChI is InChI=1S/C15H22N6O/c1-11(2)14-7-5-4-6-13(14)10-17-15(22)16-8-9-21-19-12(3)18-20-21/h4-7,11H,8-10H2,1-3H3,(H2,16,17,22). The van der Waals surface area contributed by atoms with Crippen LogP contribution < -0.4 is 10.6 Å². The van der Waals surface area contributed by atoms with Gasteiger partial charge in [-0.15, -0.1) is 10.2 Å². The first-order valence-corrected chi connectivity index (χ1v) is 7.40. The predicted molar refractivity (Wildman–Crippen MR) is 83.3 cm³/mol. The molecule has 2 rings (SSSR count). The number of nitrogens with zero attached hydrogens (tertiary/aromatic N) is 4. The highest BCUT2D eigenvalue weighted by Gasteiger charge is 2.07. The number of carbonyl (C=O) groups is 1. The normalized spacial score (nSPS) is 10.7. The Bertz CT molecular complexity index is 622. The highest BCUT2D eigenvalue weighted by Crippen LogP contribution is 2.18. The lowest BCUT2D eigenvalue weighted by Crippen LogP contribution is -2.37. The minimum absolute atomic E-state index is 0.199. The van der Waals surface area contributed by atoms with Gasteiger partial charge in [-0.3, -0.25) is 0 Å². The first-order valence-electron chi connectivity index (χ1n) is 7.40. The average Bonchev–Trinajstić information content (AvgIpc) is 2.91. The third kappa shape index (κ3) is 4.54. The molecule has 0 bridgehead atoms. The third-order valence-electron chi connectivity index (χ3n) is 3.27. The van der Waals surface area contributed by atoms with Gasteiger partial charge in [-0.25, -0.2) is 4.79 Å². The summed E-state index contributed by atoms with van der Waals surface area (Å²) in [5.74, 6) is 1.05. The van der Waals surface area contributed by atoms with E-state index in [1.54, 1.807) is 6.92 Å². The number of aryl methyl sites for hydroxylation is 1. The van der Waals surface area contributed by atoms with Gasteiger partial charge in [0.15, 0.2) is 5.82 Å². The summed E-state index contributed by atoms with van der Waals surface area (Å²) in [7, 11) is 0. The van der Waals surface area contributed by atoms with Gasteiger partial charge in [0.1, 0.15) is 0 Å². The van der Waals surface area contributed by atoms with Gasteiger partial charge in [0.2, 0.25) is 0 Å². The third-order valence-corrected chi connectivity index (χ3v) is 3.27. The Hall–Kier alpha value is -2.44. The van der Waals surface area contributed by atoms with Crippen LogP contribution >= 0.6 is 0 Å². The number of nitrogens with one attached hydrogen (secondary N) is 2. The fraction of sp³-hybridized carbons (Fsp3) is 0.467. The van der Waals surface area contributed by atoms with Crippen molar-refractivity contribution in [3.05, 3.63) is 41.2 Å². The summed E-state index contributed by atoms with van der Waals surface area (Å²) in [4.78, 5) is 13.3. The molecule has 0 fully saturated rings. The van der Waals surface area contributed by atoms with E-state index in [9.17, 15) is 4.79 Å². The molecule has 2 amide bonds. The van der Waals surface area contributed by atoms with Crippen LogP contribution in [0.1, 0.15) is 36.7 Å². The van der Waals surface area contributed by atoms with Crippen molar-refractivity contribution in [1.82, 2.24) is 30.8 Å². The van der Waals surface area contributed by atoms with E-state index in [0.717, 1.165) is 5.56 Å². The van der Waals surface area contributed by atoms with E-state index in [2.05, 4.69) is 46.0 Å². The molecule has 0 aliphatic rings. The Balaban J connectivity index is 1.76. The maximum Gasteiger partial charge on any atom is 0.315 e. The lowest BCUT2D eigenvalue weighted by Gasteiger charge is -2.13. The van der Waals surface area contributed by atoms with Gasteiger partial charge in [-0.1, -0.05) is 38.1 Å². The van der Waals surface area contributed by atoms with Crippen LogP contribution in [0.3, 0.4) is 0 Å². The van der Waals surface area contributed by atoms with Gasteiger partial charge >= 0.3 is 6.03 Å². The number of benzene rings is 1. The monoisotopic (exact) mass is 302 g/mol. The van der Waals surface area contributed by atoms with Gasteiger partial charge in [-0.2, -0.15) is 4.80 Å². The molecule has 0 atom stereocenters. The molecule has 7 nitrogen and oxygen atoms in total. The maximum absolute atomic E-state index is 11.8. The minimum atomic E-state index is -0.199. The quantitative estimate of drug-likeness (QED) is 0.849. The summed E-state index contributed by atoms with van der Waals surface area (Å²) in [5, 5.41) is 17.3. The molecule has 2 aromatic rings. The summed E-state index contributed by atoms with van der Waals surface area (Å²) >= 11 is 0. The first-order chi connectivity index (χ1) is 10.6. The number of rotatable bonds is 6. The van der Waals surface area contributed by atoms with E-state index in [-0.39, 0.29) is 6.03 Å². The van der Waals surface area contributed by atoms with E-state index >= 15 is 0 Å². The van der Waals surface area contributed by atoms with Crippen LogP contribution in [0.5, 0.6) is 0 Å². The first kappa shape index (κ1) is 15.9. The Morgan fingerprint density at radius 1 is 1.27 bits per heavy atom. The molecule has 1 heterocycles. The highest BCUT2D eigenvalue weighted by atomic mass is 16.2. The molecule has 0 saturated carbocycles. The molecule has 0 spiro atoms. The Kier molecular flexibility index (Phi) is 5.46. The zero-order valence-corrected chi connectivity index (χ0v) is 13.2. The molecule has 0 aliphatic carbocycles. The summed E-state index contributed by atoms with van der Waals surface area (Å²) in [6, 6.07) is 7.94. The smallest absolute Gasteiger partial charge is 0.315 e. The summed E-state index contributed by atoms with van der Waals surface area (Å²) in [5.41, 5.74) is 2.39. The van der Waals surface area contributed by atoms with E-state index < -0.39 is 0 Å². The average molecular weight is 302 g/mol. The van der Waals surface area contributed by atoms with Crippen LogP contribution in [-0.4, -0.2) is 32.8 Å². The van der Waals surface area contributed by atoms with Gasteiger partial charge < -0.3 is 10.6 Å². The number of hydrogen-bond acceptors (Lipinski definition) is 4. The molecular weight excluding hydrogens is 280 g/mol. The number of urea groups is 1. The van der Waals surface area contributed by atoms with Gasteiger partial charge in [0, 0.05) is 13.1 Å². The van der Waals surface area contributed by atoms with Crippen LogP contribution in [0.4, 0.5) is 4.79 Å². The summed E-state index contributed by atoms with van der Waals surface area (Å²) < 4.78 is 0. The predicted octanol–water partition coefficient (Wildman–Crippen LogP) is 1.60. The van der Waals surface area contributed by atoms with Crippen molar-refractivity contribution in [3.63, 3.8) is 0 Å². The molecule has 118 valence electrons. The Morgan fingerprint density at radius 2 is 2.05 bits per heavy atom. The number of aromatic nitrogens is 4. The van der Waals surface area contributed by atoms with Crippen molar-refractivity contribution in [3.8, 4) is 0 Å². The van der Waals surface area contributed by atoms with Crippen LogP contribution in [0.25, 0.3) is 0 Å². The largest absolute Gasteiger partial charge is 0.336 e. The zero-order chi connectivity index (χ0) is 15.9. The molecule has 0 unspecified atom stereocenters. The number of hydrogen-bond donors (Lipinski definition) is 2. The molecule has 1 aromatic heterocycles. The number of carbonyl (C=O) groups excluding carboxylic acids is 1. The van der Waals surface area contributed by atoms with Crippen LogP contribution in [0, 0.1) is 6.92 Å². The second-order valence-electron chi connectivity index (χ2n) is 5.40. The van der Waals surface area contributed by atoms with Crippen LogP contribution in [-0.2, 0) is 13.1 Å². The van der Waals surface area contributed by atoms with Crippen molar-refractivity contribution in [1.29, 1.82) is 0 Å². The van der Waals surface area contributed by atoms with E-state index in [1.165, 1.54) is 10.4 Å². The zero-order valence-electron chi connectivity index (χ0n) is 13.2. The highest BCUT2D eigenvalue weighted by molar-refractivity contribution is 5.73. The van der Waals surface area contributed by atoms with Crippen LogP contribution in [0.15, 0.2) is 24.3 Å². The fourth-order valence-electron chi connectivity index (χ4n) is 2.18. The second-order valence-corrected chi connectivity index (χ2v) is 5.40. The topological polar surface area (TPSA) is 84.7 Å². The second kappa shape index (κ2) is 7.53. The van der Waals surface area contributed by atoms with E-state index in [4.69, 9.17) is 0 Å². The van der Waals surface area contributed by atoms with Crippen molar-refractivity contribution in [2.75, 3.05) is 6.54 Å². The fourth-order valence-corrected chi connectivity index (χ4v) is 2.18. The number of amides is 2. The van der Waals surface area contributed by atoms with Crippen LogP contribution in [0.2, 0.25) is 0 Å². The number of tetrazole rings is 1. The van der Waals surface area contributed by atoms with Gasteiger partial charge in [0.05, 0.1) is 6.54 Å². The molecule has 0 aliphatic heterocycles.